The third-order valence-electron chi connectivity index (χ3n) is 2.94. The molecule has 1 aromatic rings. The molecule has 1 amide bonds. The maximum Gasteiger partial charge on any atom is 0.224 e. The monoisotopic (exact) mass is 218 g/mol. The molecule has 1 fully saturated rings. The van der Waals surface area contributed by atoms with Gasteiger partial charge in [-0.25, -0.2) is 0 Å². The first-order valence-electron chi connectivity index (χ1n) is 5.64. The second kappa shape index (κ2) is 4.66. The van der Waals surface area contributed by atoms with Crippen molar-refractivity contribution in [2.45, 2.75) is 12.3 Å². The molecule has 1 heterocycles. The fourth-order valence-electron chi connectivity index (χ4n) is 2.20. The number of carbonyl (C=O) groups is 1. The summed E-state index contributed by atoms with van der Waals surface area (Å²) in [6.07, 6.45) is 0.651. The number of carbonyl (C=O) groups excluding carboxylic acids is 1. The van der Waals surface area contributed by atoms with Crippen molar-refractivity contribution in [1.82, 2.24) is 9.80 Å². The number of benzene rings is 1. The number of likely N-dealkylation sites (tertiary alicyclic amines) is 1. The molecular formula is C13H18N2O. The minimum absolute atomic E-state index is 0.266. The van der Waals surface area contributed by atoms with E-state index in [1.54, 1.807) is 0 Å². The summed E-state index contributed by atoms with van der Waals surface area (Å²) in [6, 6.07) is 10.3. The van der Waals surface area contributed by atoms with Crippen molar-refractivity contribution in [2.75, 3.05) is 27.3 Å². The normalized spacial score (nSPS) is 20.8. The topological polar surface area (TPSA) is 23.6 Å². The molecule has 3 nitrogen and oxygen atoms in total. The summed E-state index contributed by atoms with van der Waals surface area (Å²) in [5, 5.41) is 0. The highest BCUT2D eigenvalue weighted by atomic mass is 16.2. The van der Waals surface area contributed by atoms with Crippen LogP contribution in [0.5, 0.6) is 0 Å². The molecule has 1 aliphatic heterocycles. The zero-order chi connectivity index (χ0) is 11.5. The van der Waals surface area contributed by atoms with E-state index in [0.717, 1.165) is 13.2 Å². The fourth-order valence-corrected chi connectivity index (χ4v) is 2.20. The van der Waals surface area contributed by atoms with Crippen LogP contribution in [0.15, 0.2) is 30.3 Å². The zero-order valence-electron chi connectivity index (χ0n) is 9.89. The average Bonchev–Trinajstić information content (AvgIpc) is 2.61. The molecule has 0 unspecified atom stereocenters. The maximum atomic E-state index is 11.8. The van der Waals surface area contributed by atoms with Crippen LogP contribution in [0.3, 0.4) is 0 Å². The van der Waals surface area contributed by atoms with E-state index in [4.69, 9.17) is 0 Å². The van der Waals surface area contributed by atoms with Crippen molar-refractivity contribution in [1.29, 1.82) is 0 Å². The molecule has 86 valence electrons. The molecule has 0 aliphatic carbocycles. The van der Waals surface area contributed by atoms with Gasteiger partial charge in [-0.3, -0.25) is 9.69 Å². The molecule has 3 heteroatoms. The lowest BCUT2D eigenvalue weighted by atomic mass is 9.99. The Morgan fingerprint density at radius 2 is 2.00 bits per heavy atom. The minimum Gasteiger partial charge on any atom is -0.329 e. The summed E-state index contributed by atoms with van der Waals surface area (Å²) in [7, 11) is 3.98. The number of amides is 1. The van der Waals surface area contributed by atoms with Gasteiger partial charge in [-0.2, -0.15) is 0 Å². The highest BCUT2D eigenvalue weighted by Gasteiger charge is 2.30. The Labute approximate surface area is 96.7 Å². The van der Waals surface area contributed by atoms with Gasteiger partial charge < -0.3 is 4.90 Å². The number of nitrogens with zero attached hydrogens (tertiary/aromatic N) is 2. The second-order valence-electron chi connectivity index (χ2n) is 4.65. The van der Waals surface area contributed by atoms with Gasteiger partial charge in [0.1, 0.15) is 0 Å². The number of hydrogen-bond donors (Lipinski definition) is 0. The Balaban J connectivity index is 2.04. The van der Waals surface area contributed by atoms with Crippen LogP contribution >= 0.6 is 0 Å². The predicted molar refractivity (Wildman–Crippen MR) is 64.1 cm³/mol. The van der Waals surface area contributed by atoms with Crippen molar-refractivity contribution in [3.63, 3.8) is 0 Å². The van der Waals surface area contributed by atoms with Gasteiger partial charge in [0.05, 0.1) is 6.67 Å². The average molecular weight is 218 g/mol. The molecule has 0 saturated carbocycles. The van der Waals surface area contributed by atoms with Crippen LogP contribution in [0, 0.1) is 0 Å². The molecule has 1 saturated heterocycles. The third kappa shape index (κ3) is 2.42. The lowest BCUT2D eigenvalue weighted by molar-refractivity contribution is -0.129. The van der Waals surface area contributed by atoms with Gasteiger partial charge in [0.15, 0.2) is 0 Å². The third-order valence-corrected chi connectivity index (χ3v) is 2.94. The van der Waals surface area contributed by atoms with Crippen LogP contribution in [-0.2, 0) is 4.79 Å². The Kier molecular flexibility index (Phi) is 3.25. The summed E-state index contributed by atoms with van der Waals surface area (Å²) in [4.78, 5) is 15.8. The number of hydrogen-bond acceptors (Lipinski definition) is 2. The Morgan fingerprint density at radius 3 is 2.62 bits per heavy atom. The summed E-state index contributed by atoms with van der Waals surface area (Å²) in [6.45, 7) is 1.57. The Hall–Kier alpha value is -1.35. The van der Waals surface area contributed by atoms with E-state index in [1.807, 2.05) is 42.1 Å². The summed E-state index contributed by atoms with van der Waals surface area (Å²) < 4.78 is 0. The van der Waals surface area contributed by atoms with E-state index in [-0.39, 0.29) is 5.91 Å². The molecule has 1 aromatic carbocycles. The molecule has 0 radical (unpaired) electrons. The molecular weight excluding hydrogens is 200 g/mol. The van der Waals surface area contributed by atoms with Crippen LogP contribution in [0.4, 0.5) is 0 Å². The van der Waals surface area contributed by atoms with Crippen molar-refractivity contribution in [3.8, 4) is 0 Å². The van der Waals surface area contributed by atoms with Crippen molar-refractivity contribution in [2.24, 2.45) is 0 Å². The first kappa shape index (κ1) is 11.1. The predicted octanol–water partition coefficient (Wildman–Crippen LogP) is 1.52. The van der Waals surface area contributed by atoms with Crippen LogP contribution in [0.1, 0.15) is 17.9 Å². The maximum absolute atomic E-state index is 11.8. The van der Waals surface area contributed by atoms with Crippen LogP contribution in [0.25, 0.3) is 0 Å². The van der Waals surface area contributed by atoms with Gasteiger partial charge in [0.25, 0.3) is 0 Å². The van der Waals surface area contributed by atoms with E-state index >= 15 is 0 Å². The highest BCUT2D eigenvalue weighted by molar-refractivity contribution is 5.79. The van der Waals surface area contributed by atoms with Crippen molar-refractivity contribution >= 4 is 5.91 Å². The van der Waals surface area contributed by atoms with Crippen LogP contribution < -0.4 is 0 Å². The molecule has 1 atom stereocenters. The van der Waals surface area contributed by atoms with E-state index in [9.17, 15) is 4.79 Å². The lowest BCUT2D eigenvalue weighted by Crippen LogP contribution is -2.34. The molecule has 16 heavy (non-hydrogen) atoms. The standard InChI is InChI=1S/C13H18N2O/c1-14(2)10-15-9-12(8-13(15)16)11-6-4-3-5-7-11/h3-7,12H,8-10H2,1-2H3/t12-/m0/s1. The van der Waals surface area contributed by atoms with E-state index in [2.05, 4.69) is 12.1 Å². The van der Waals surface area contributed by atoms with Gasteiger partial charge in [0.2, 0.25) is 5.91 Å². The summed E-state index contributed by atoms with van der Waals surface area (Å²) in [5.41, 5.74) is 1.28. The summed E-state index contributed by atoms with van der Waals surface area (Å²) in [5.74, 6) is 0.635. The second-order valence-corrected chi connectivity index (χ2v) is 4.65. The van der Waals surface area contributed by atoms with Gasteiger partial charge in [-0.15, -0.1) is 0 Å². The van der Waals surface area contributed by atoms with Gasteiger partial charge >= 0.3 is 0 Å². The molecule has 0 N–H and O–H groups in total. The zero-order valence-corrected chi connectivity index (χ0v) is 9.89. The summed E-state index contributed by atoms with van der Waals surface area (Å²) >= 11 is 0. The van der Waals surface area contributed by atoms with E-state index in [0.29, 0.717) is 12.3 Å². The Bertz CT molecular complexity index is 361. The smallest absolute Gasteiger partial charge is 0.224 e. The quantitative estimate of drug-likeness (QED) is 0.768. The van der Waals surface area contributed by atoms with Crippen LogP contribution in [-0.4, -0.2) is 43.0 Å². The first-order valence-corrected chi connectivity index (χ1v) is 5.64. The van der Waals surface area contributed by atoms with Gasteiger partial charge in [-0.1, -0.05) is 30.3 Å². The van der Waals surface area contributed by atoms with E-state index in [1.165, 1.54) is 5.56 Å². The fraction of sp³-hybridized carbons (Fsp3) is 0.462. The lowest BCUT2D eigenvalue weighted by Gasteiger charge is -2.21. The molecule has 0 bridgehead atoms. The Morgan fingerprint density at radius 1 is 1.31 bits per heavy atom. The number of rotatable bonds is 3. The van der Waals surface area contributed by atoms with Crippen molar-refractivity contribution in [3.05, 3.63) is 35.9 Å². The minimum atomic E-state index is 0.266. The van der Waals surface area contributed by atoms with Gasteiger partial charge in [-0.05, 0) is 19.7 Å². The van der Waals surface area contributed by atoms with Crippen molar-refractivity contribution < 1.29 is 4.79 Å². The molecule has 2 rings (SSSR count). The molecule has 1 aliphatic rings. The van der Waals surface area contributed by atoms with Crippen LogP contribution in [0.2, 0.25) is 0 Å². The van der Waals surface area contributed by atoms with Gasteiger partial charge in [0, 0.05) is 18.9 Å². The molecule has 0 aromatic heterocycles. The first-order chi connectivity index (χ1) is 7.66. The largest absolute Gasteiger partial charge is 0.329 e. The van der Waals surface area contributed by atoms with E-state index < -0.39 is 0 Å². The SMILES string of the molecule is CN(C)CN1C[C@@H](c2ccccc2)CC1=O. The molecule has 0 spiro atoms. The highest BCUT2D eigenvalue weighted by Crippen LogP contribution is 2.27.